The number of aromatic nitrogens is 3. The van der Waals surface area contributed by atoms with Crippen LogP contribution >= 0.6 is 11.3 Å². The highest BCUT2D eigenvalue weighted by Gasteiger charge is 2.24. The fourth-order valence-corrected chi connectivity index (χ4v) is 3.25. The lowest BCUT2D eigenvalue weighted by Crippen LogP contribution is -2.06. The topological polar surface area (TPSA) is 106 Å². The Morgan fingerprint density at radius 1 is 1.15 bits per heavy atom. The van der Waals surface area contributed by atoms with Gasteiger partial charge in [-0.2, -0.15) is 0 Å². The molecule has 0 amide bonds. The first-order valence-corrected chi connectivity index (χ1v) is 8.86. The molecule has 134 valence electrons. The van der Waals surface area contributed by atoms with E-state index in [0.29, 0.717) is 5.13 Å². The summed E-state index contributed by atoms with van der Waals surface area (Å²) in [6.45, 7) is 5.86. The van der Waals surface area contributed by atoms with Crippen molar-refractivity contribution in [2.45, 2.75) is 27.2 Å². The highest BCUT2D eigenvalue weighted by molar-refractivity contribution is 7.15. The van der Waals surface area contributed by atoms with Gasteiger partial charge in [-0.3, -0.25) is 10.1 Å². The second-order valence-corrected chi connectivity index (χ2v) is 6.80. The molecule has 3 aromatic rings. The van der Waals surface area contributed by atoms with E-state index in [9.17, 15) is 10.1 Å². The van der Waals surface area contributed by atoms with Gasteiger partial charge >= 0.3 is 5.69 Å². The van der Waals surface area contributed by atoms with E-state index in [1.54, 1.807) is 0 Å². The molecule has 26 heavy (non-hydrogen) atoms. The highest BCUT2D eigenvalue weighted by Crippen LogP contribution is 2.34. The molecule has 0 fully saturated rings. The van der Waals surface area contributed by atoms with Gasteiger partial charge in [0, 0.05) is 10.6 Å². The smallest absolute Gasteiger partial charge is 0.334 e. The fourth-order valence-electron chi connectivity index (χ4n) is 2.44. The molecule has 0 unspecified atom stereocenters. The first-order chi connectivity index (χ1) is 12.5. The molecule has 0 aliphatic rings. The summed E-state index contributed by atoms with van der Waals surface area (Å²) < 4.78 is 0. The van der Waals surface area contributed by atoms with Gasteiger partial charge in [-0.1, -0.05) is 25.1 Å². The summed E-state index contributed by atoms with van der Waals surface area (Å²) in [7, 11) is 0. The van der Waals surface area contributed by atoms with Gasteiger partial charge < -0.3 is 10.6 Å². The molecule has 3 rings (SSSR count). The molecule has 1 aromatic carbocycles. The maximum Gasteiger partial charge on any atom is 0.353 e. The molecule has 9 heteroatoms. The third-order valence-corrected chi connectivity index (χ3v) is 4.90. The molecule has 0 atom stereocenters. The second-order valence-electron chi connectivity index (χ2n) is 5.60. The van der Waals surface area contributed by atoms with Crippen LogP contribution in [0.4, 0.5) is 28.1 Å². The van der Waals surface area contributed by atoms with E-state index >= 15 is 0 Å². The minimum Gasteiger partial charge on any atom is -0.334 e. The molecule has 0 saturated heterocycles. The van der Waals surface area contributed by atoms with Crippen LogP contribution in [0.5, 0.6) is 0 Å². The number of aryl methyl sites for hydroxylation is 3. The molecule has 8 nitrogen and oxygen atoms in total. The van der Waals surface area contributed by atoms with Crippen molar-refractivity contribution in [1.29, 1.82) is 0 Å². The van der Waals surface area contributed by atoms with E-state index in [-0.39, 0.29) is 17.3 Å². The van der Waals surface area contributed by atoms with Crippen molar-refractivity contribution in [2.24, 2.45) is 0 Å². The summed E-state index contributed by atoms with van der Waals surface area (Å²) in [6.07, 6.45) is 2.09. The minimum absolute atomic E-state index is 0.107. The fraction of sp³-hybridized carbons (Fsp3) is 0.235. The van der Waals surface area contributed by atoms with Gasteiger partial charge in [0.05, 0.1) is 10.6 Å². The van der Waals surface area contributed by atoms with Crippen molar-refractivity contribution in [3.63, 3.8) is 0 Å². The lowest BCUT2D eigenvalue weighted by Gasteiger charge is -2.11. The van der Waals surface area contributed by atoms with Crippen molar-refractivity contribution in [1.82, 2.24) is 15.0 Å². The molecule has 0 spiro atoms. The number of para-hydroxylation sites is 1. The highest BCUT2D eigenvalue weighted by atomic mass is 32.1. The van der Waals surface area contributed by atoms with E-state index < -0.39 is 4.92 Å². The molecular weight excluding hydrogens is 352 g/mol. The quantitative estimate of drug-likeness (QED) is 0.486. The second kappa shape index (κ2) is 7.44. The standard InChI is InChI=1S/C17H18N6O2S/c1-4-12-7-5-6-8-13(12)21-15-14(23(24)25)16(19-9-18-15)22-17-20-10(2)11(3)26-17/h5-9H,4H2,1-3H3,(H2,18,19,20,21,22). The number of hydrogen-bond donors (Lipinski definition) is 2. The van der Waals surface area contributed by atoms with E-state index in [2.05, 4.69) is 25.6 Å². The van der Waals surface area contributed by atoms with Gasteiger partial charge in [0.2, 0.25) is 11.6 Å². The van der Waals surface area contributed by atoms with Crippen molar-refractivity contribution < 1.29 is 4.92 Å². The molecule has 0 radical (unpaired) electrons. The van der Waals surface area contributed by atoms with Crippen LogP contribution < -0.4 is 10.6 Å². The number of hydrogen-bond acceptors (Lipinski definition) is 8. The van der Waals surface area contributed by atoms with Crippen LogP contribution in [-0.4, -0.2) is 19.9 Å². The zero-order valence-corrected chi connectivity index (χ0v) is 15.4. The Balaban J connectivity index is 1.99. The minimum atomic E-state index is -0.494. The molecular formula is C17H18N6O2S. The molecule has 0 saturated carbocycles. The average molecular weight is 370 g/mol. The summed E-state index contributed by atoms with van der Waals surface area (Å²) in [5, 5.41) is 18.2. The molecule has 2 aromatic heterocycles. The monoisotopic (exact) mass is 370 g/mol. The van der Waals surface area contributed by atoms with Crippen LogP contribution in [0.25, 0.3) is 0 Å². The number of nitrogens with zero attached hydrogens (tertiary/aromatic N) is 4. The van der Waals surface area contributed by atoms with Crippen molar-refractivity contribution >= 4 is 39.5 Å². The Labute approximate surface area is 154 Å². The molecule has 0 aliphatic heterocycles. The van der Waals surface area contributed by atoms with Crippen molar-refractivity contribution in [3.8, 4) is 0 Å². The zero-order valence-electron chi connectivity index (χ0n) is 14.6. The first kappa shape index (κ1) is 17.7. The van der Waals surface area contributed by atoms with Gasteiger partial charge in [-0.05, 0) is 31.9 Å². The summed E-state index contributed by atoms with van der Waals surface area (Å²) in [6, 6.07) is 7.63. The van der Waals surface area contributed by atoms with Crippen molar-refractivity contribution in [3.05, 3.63) is 56.8 Å². The van der Waals surface area contributed by atoms with Gasteiger partial charge in [0.1, 0.15) is 6.33 Å². The Morgan fingerprint density at radius 3 is 2.46 bits per heavy atom. The summed E-state index contributed by atoms with van der Waals surface area (Å²) in [4.78, 5) is 24.7. The van der Waals surface area contributed by atoms with Crippen LogP contribution in [0.1, 0.15) is 23.1 Å². The molecule has 0 bridgehead atoms. The van der Waals surface area contributed by atoms with Crippen LogP contribution in [0.15, 0.2) is 30.6 Å². The van der Waals surface area contributed by atoms with Gasteiger partial charge in [-0.25, -0.2) is 15.0 Å². The number of nitro groups is 1. The summed E-state index contributed by atoms with van der Waals surface area (Å²) >= 11 is 1.42. The number of rotatable bonds is 6. The molecule has 0 aliphatic carbocycles. The number of benzene rings is 1. The van der Waals surface area contributed by atoms with Crippen LogP contribution in [-0.2, 0) is 6.42 Å². The van der Waals surface area contributed by atoms with E-state index in [0.717, 1.165) is 28.2 Å². The van der Waals surface area contributed by atoms with E-state index in [4.69, 9.17) is 0 Å². The van der Waals surface area contributed by atoms with Crippen LogP contribution in [0.2, 0.25) is 0 Å². The third-order valence-electron chi connectivity index (χ3n) is 3.91. The van der Waals surface area contributed by atoms with Gasteiger partial charge in [0.25, 0.3) is 0 Å². The first-order valence-electron chi connectivity index (χ1n) is 8.05. The maximum atomic E-state index is 11.7. The Bertz CT molecular complexity index is 937. The van der Waals surface area contributed by atoms with Crippen LogP contribution in [0, 0.1) is 24.0 Å². The molecule has 2 heterocycles. The number of nitrogens with one attached hydrogen (secondary N) is 2. The zero-order chi connectivity index (χ0) is 18.7. The van der Waals surface area contributed by atoms with Crippen LogP contribution in [0.3, 0.4) is 0 Å². The third kappa shape index (κ3) is 3.62. The van der Waals surface area contributed by atoms with Crippen molar-refractivity contribution in [2.75, 3.05) is 10.6 Å². The normalized spacial score (nSPS) is 10.6. The SMILES string of the molecule is CCc1ccccc1Nc1ncnc(Nc2nc(C)c(C)s2)c1[N+](=O)[O-]. The lowest BCUT2D eigenvalue weighted by molar-refractivity contribution is -0.383. The Kier molecular flexibility index (Phi) is 5.08. The lowest BCUT2D eigenvalue weighted by atomic mass is 10.1. The largest absolute Gasteiger partial charge is 0.353 e. The van der Waals surface area contributed by atoms with E-state index in [1.807, 2.05) is 45.0 Å². The van der Waals surface area contributed by atoms with E-state index in [1.165, 1.54) is 17.7 Å². The van der Waals surface area contributed by atoms with Gasteiger partial charge in [-0.15, -0.1) is 11.3 Å². The maximum absolute atomic E-state index is 11.7. The number of thiazole rings is 1. The van der Waals surface area contributed by atoms with Gasteiger partial charge in [0.15, 0.2) is 5.13 Å². The summed E-state index contributed by atoms with van der Waals surface area (Å²) in [5.74, 6) is 0.244. The average Bonchev–Trinajstić information content (AvgIpc) is 2.92. The Morgan fingerprint density at radius 2 is 1.85 bits per heavy atom. The Hall–Kier alpha value is -3.07. The molecule has 2 N–H and O–H groups in total. The predicted octanol–water partition coefficient (Wildman–Crippen LogP) is 4.51. The number of anilines is 4. The predicted molar refractivity (Wildman–Crippen MR) is 103 cm³/mol. The summed E-state index contributed by atoms with van der Waals surface area (Å²) in [5.41, 5.74) is 2.48.